The highest BCUT2D eigenvalue weighted by molar-refractivity contribution is 8.00. The van der Waals surface area contributed by atoms with Gasteiger partial charge in [-0.05, 0) is 12.0 Å². The van der Waals surface area contributed by atoms with Gasteiger partial charge in [0.1, 0.15) is 10.5 Å². The molecule has 11 heteroatoms. The minimum Gasteiger partial charge on any atom is -0.368 e. The fraction of sp³-hybridized carbons (Fsp3) is 0.111. The fourth-order valence-corrected chi connectivity index (χ4v) is 3.82. The topological polar surface area (TPSA) is 155 Å². The zero-order chi connectivity index (χ0) is 20.2. The number of nitrogen functional groups attached to an aromatic ring is 1. The Morgan fingerprint density at radius 3 is 2.79 bits per heavy atom. The number of rotatable bonds is 6. The normalized spacial score (nSPS) is 12.0. The summed E-state index contributed by atoms with van der Waals surface area (Å²) in [4.78, 5) is 46.4. The van der Waals surface area contributed by atoms with Crippen LogP contribution in [0.25, 0.3) is 11.2 Å². The lowest BCUT2D eigenvalue weighted by atomic mass is 10.1. The van der Waals surface area contributed by atoms with Crippen molar-refractivity contribution in [1.82, 2.24) is 29.9 Å². The number of amides is 1. The van der Waals surface area contributed by atoms with Gasteiger partial charge >= 0.3 is 0 Å². The number of benzene rings is 1. The van der Waals surface area contributed by atoms with Crippen molar-refractivity contribution in [1.29, 1.82) is 0 Å². The smallest absolute Gasteiger partial charge is 0.252 e. The van der Waals surface area contributed by atoms with Crippen LogP contribution in [0.5, 0.6) is 0 Å². The van der Waals surface area contributed by atoms with Crippen molar-refractivity contribution in [3.05, 3.63) is 64.8 Å². The number of carbonyl (C=O) groups is 1. The lowest BCUT2D eigenvalue weighted by Crippen LogP contribution is -2.29. The van der Waals surface area contributed by atoms with Crippen molar-refractivity contribution in [3.63, 3.8) is 0 Å². The number of H-pyrrole nitrogens is 2. The predicted octanol–water partition coefficient (Wildman–Crippen LogP) is 1.36. The molecule has 29 heavy (non-hydrogen) atoms. The molecule has 1 atom stereocenters. The Bertz CT molecular complexity index is 1210. The van der Waals surface area contributed by atoms with Gasteiger partial charge in [0.25, 0.3) is 5.56 Å². The average molecular weight is 408 g/mol. The Kier molecular flexibility index (Phi) is 5.20. The van der Waals surface area contributed by atoms with Crippen molar-refractivity contribution in [2.75, 3.05) is 11.1 Å². The standard InChI is InChI=1S/C18H16N8O2S/c19-17-24-14-13(21-9-22-14)16(26-17)29-11(8-10-4-2-1-3-5-10)15(28)25-18-20-7-6-12(27)23-18/h1-7,9,11H,8H2,(H3,19,21,22,24,26)(H2,20,23,25,27,28)/t11-/m0/s1. The van der Waals surface area contributed by atoms with Gasteiger partial charge in [0.2, 0.25) is 17.8 Å². The van der Waals surface area contributed by atoms with E-state index in [9.17, 15) is 9.59 Å². The largest absolute Gasteiger partial charge is 0.368 e. The molecule has 3 aromatic heterocycles. The van der Waals surface area contributed by atoms with Crippen molar-refractivity contribution in [3.8, 4) is 0 Å². The first-order valence-corrected chi connectivity index (χ1v) is 9.50. The van der Waals surface area contributed by atoms with Gasteiger partial charge in [0, 0.05) is 12.3 Å². The Balaban J connectivity index is 1.65. The van der Waals surface area contributed by atoms with Gasteiger partial charge in [-0.25, -0.2) is 15.0 Å². The number of hydrogen-bond acceptors (Lipinski definition) is 8. The monoisotopic (exact) mass is 408 g/mol. The molecule has 3 heterocycles. The summed E-state index contributed by atoms with van der Waals surface area (Å²) >= 11 is 1.23. The molecular weight excluding hydrogens is 392 g/mol. The molecule has 0 fully saturated rings. The second-order valence-electron chi connectivity index (χ2n) is 6.06. The summed E-state index contributed by atoms with van der Waals surface area (Å²) in [5.74, 6) is -0.187. The molecule has 146 valence electrons. The molecule has 1 amide bonds. The second-order valence-corrected chi connectivity index (χ2v) is 7.25. The van der Waals surface area contributed by atoms with E-state index in [1.165, 1.54) is 30.4 Å². The van der Waals surface area contributed by atoms with E-state index >= 15 is 0 Å². The maximum Gasteiger partial charge on any atom is 0.252 e. The first-order chi connectivity index (χ1) is 14.1. The minimum absolute atomic E-state index is 0.0695. The molecule has 0 aliphatic heterocycles. The molecule has 0 bridgehead atoms. The number of anilines is 2. The number of nitrogens with two attached hydrogens (primary N) is 1. The highest BCUT2D eigenvalue weighted by Crippen LogP contribution is 2.30. The Morgan fingerprint density at radius 2 is 2.00 bits per heavy atom. The minimum atomic E-state index is -0.580. The summed E-state index contributed by atoms with van der Waals surface area (Å²) in [6.07, 6.45) is 3.24. The third-order valence-corrected chi connectivity index (χ3v) is 5.18. The maximum absolute atomic E-state index is 13.0. The lowest BCUT2D eigenvalue weighted by Gasteiger charge is -2.16. The highest BCUT2D eigenvalue weighted by atomic mass is 32.2. The van der Waals surface area contributed by atoms with Crippen LogP contribution in [0.15, 0.2) is 58.7 Å². The lowest BCUT2D eigenvalue weighted by molar-refractivity contribution is -0.115. The Morgan fingerprint density at radius 1 is 1.17 bits per heavy atom. The highest BCUT2D eigenvalue weighted by Gasteiger charge is 2.24. The molecule has 5 N–H and O–H groups in total. The first-order valence-electron chi connectivity index (χ1n) is 8.62. The van der Waals surface area contributed by atoms with Gasteiger partial charge in [0.15, 0.2) is 5.65 Å². The van der Waals surface area contributed by atoms with Crippen LogP contribution in [-0.4, -0.2) is 41.1 Å². The summed E-state index contributed by atoms with van der Waals surface area (Å²) in [6, 6.07) is 10.9. The molecule has 0 spiro atoms. The number of nitrogens with one attached hydrogen (secondary N) is 3. The average Bonchev–Trinajstić information content (AvgIpc) is 3.17. The van der Waals surface area contributed by atoms with E-state index in [0.29, 0.717) is 22.6 Å². The van der Waals surface area contributed by atoms with E-state index < -0.39 is 5.25 Å². The van der Waals surface area contributed by atoms with Gasteiger partial charge in [-0.2, -0.15) is 4.98 Å². The SMILES string of the molecule is Nc1nc(S[C@@H](Cc2ccccc2)C(=O)Nc2nccc(=O)[nH]2)c2[nH]cnc2n1. The van der Waals surface area contributed by atoms with Gasteiger partial charge < -0.3 is 10.7 Å². The summed E-state index contributed by atoms with van der Waals surface area (Å²) in [5, 5.41) is 2.58. The number of thioether (sulfide) groups is 1. The Hall–Kier alpha value is -3.73. The molecule has 0 aliphatic rings. The third kappa shape index (κ3) is 4.41. The van der Waals surface area contributed by atoms with Gasteiger partial charge in [-0.15, -0.1) is 0 Å². The Labute approximate surface area is 168 Å². The van der Waals surface area contributed by atoms with E-state index in [1.54, 1.807) is 0 Å². The van der Waals surface area contributed by atoms with Crippen molar-refractivity contribution < 1.29 is 4.79 Å². The van der Waals surface area contributed by atoms with Crippen LogP contribution < -0.4 is 16.6 Å². The van der Waals surface area contributed by atoms with Gasteiger partial charge in [0.05, 0.1) is 11.6 Å². The van der Waals surface area contributed by atoms with E-state index in [0.717, 1.165) is 5.56 Å². The molecule has 4 rings (SSSR count). The van der Waals surface area contributed by atoms with Crippen LogP contribution in [0.1, 0.15) is 5.56 Å². The van der Waals surface area contributed by atoms with Gasteiger partial charge in [-0.1, -0.05) is 42.1 Å². The van der Waals surface area contributed by atoms with Crippen LogP contribution in [0, 0.1) is 0 Å². The zero-order valence-electron chi connectivity index (χ0n) is 15.0. The first kappa shape index (κ1) is 18.6. The molecule has 0 saturated heterocycles. The number of aromatic nitrogens is 6. The third-order valence-electron chi connectivity index (χ3n) is 3.99. The van der Waals surface area contributed by atoms with Crippen LogP contribution in [-0.2, 0) is 11.2 Å². The molecule has 0 radical (unpaired) electrons. The van der Waals surface area contributed by atoms with Gasteiger partial charge in [-0.3, -0.25) is 19.9 Å². The molecule has 0 saturated carbocycles. The number of hydrogen-bond donors (Lipinski definition) is 4. The second kappa shape index (κ2) is 8.10. The number of carbonyl (C=O) groups excluding carboxylic acids is 1. The van der Waals surface area contributed by atoms with Crippen molar-refractivity contribution in [2.45, 2.75) is 16.7 Å². The van der Waals surface area contributed by atoms with Crippen LogP contribution in [0.3, 0.4) is 0 Å². The molecule has 10 nitrogen and oxygen atoms in total. The van der Waals surface area contributed by atoms with Crippen LogP contribution in [0.4, 0.5) is 11.9 Å². The molecule has 0 unspecified atom stereocenters. The summed E-state index contributed by atoms with van der Waals surface area (Å²) in [6.45, 7) is 0. The zero-order valence-corrected chi connectivity index (χ0v) is 15.8. The fourth-order valence-electron chi connectivity index (χ4n) is 2.69. The number of aromatic amines is 2. The van der Waals surface area contributed by atoms with Crippen LogP contribution >= 0.6 is 11.8 Å². The van der Waals surface area contributed by atoms with E-state index in [1.807, 2.05) is 30.3 Å². The molecule has 1 aromatic carbocycles. The van der Waals surface area contributed by atoms with E-state index in [4.69, 9.17) is 5.73 Å². The van der Waals surface area contributed by atoms with Crippen LogP contribution in [0.2, 0.25) is 0 Å². The summed E-state index contributed by atoms with van der Waals surface area (Å²) in [5.41, 5.74) is 7.42. The maximum atomic E-state index is 13.0. The summed E-state index contributed by atoms with van der Waals surface area (Å²) in [7, 11) is 0. The quantitative estimate of drug-likeness (QED) is 0.275. The molecule has 4 aromatic rings. The van der Waals surface area contributed by atoms with Crippen molar-refractivity contribution >= 4 is 40.7 Å². The number of fused-ring (bicyclic) bond motifs is 1. The number of imidazole rings is 1. The predicted molar refractivity (Wildman–Crippen MR) is 109 cm³/mol. The summed E-state index contributed by atoms with van der Waals surface area (Å²) < 4.78 is 0. The molecule has 0 aliphatic carbocycles. The van der Waals surface area contributed by atoms with E-state index in [2.05, 4.69) is 35.2 Å². The number of nitrogens with zero attached hydrogens (tertiary/aromatic N) is 4. The molecular formula is C18H16N8O2S. The van der Waals surface area contributed by atoms with E-state index in [-0.39, 0.29) is 23.4 Å². The van der Waals surface area contributed by atoms with Crippen molar-refractivity contribution in [2.24, 2.45) is 0 Å².